The second kappa shape index (κ2) is 10.4. The van der Waals surface area contributed by atoms with E-state index in [0.717, 1.165) is 18.6 Å². The minimum Gasteiger partial charge on any atom is -0.491 e. The molecule has 4 nitrogen and oxygen atoms in total. The summed E-state index contributed by atoms with van der Waals surface area (Å²) in [6, 6.07) is 16.7. The molecule has 3 unspecified atom stereocenters. The third-order valence-electron chi connectivity index (χ3n) is 4.83. The Kier molecular flexibility index (Phi) is 7.69. The van der Waals surface area contributed by atoms with Crippen molar-refractivity contribution in [1.82, 2.24) is 0 Å². The molecule has 3 atom stereocenters. The van der Waals surface area contributed by atoms with Crippen molar-refractivity contribution in [2.75, 3.05) is 0 Å². The van der Waals surface area contributed by atoms with Gasteiger partial charge in [-0.05, 0) is 61.7 Å². The lowest BCUT2D eigenvalue weighted by Crippen LogP contribution is -2.15. The van der Waals surface area contributed by atoms with E-state index in [9.17, 15) is 4.79 Å². The average Bonchev–Trinajstić information content (AvgIpc) is 2.74. The number of alkyl halides is 1. The second-order valence-electron chi connectivity index (χ2n) is 7.40. The number of nitriles is 1. The van der Waals surface area contributed by atoms with E-state index in [0.29, 0.717) is 20.8 Å². The first-order valence-corrected chi connectivity index (χ1v) is 11.2. The maximum Gasteiger partial charge on any atom is 0.343 e. The van der Waals surface area contributed by atoms with Crippen LogP contribution >= 0.6 is 22.6 Å². The lowest BCUT2D eigenvalue weighted by Gasteiger charge is -2.18. The monoisotopic (exact) mass is 513 g/mol. The van der Waals surface area contributed by atoms with E-state index in [-0.39, 0.29) is 12.0 Å². The summed E-state index contributed by atoms with van der Waals surface area (Å²) in [5.41, 5.74) is 2.25. The van der Waals surface area contributed by atoms with Crippen molar-refractivity contribution in [3.05, 3.63) is 83.5 Å². The minimum absolute atomic E-state index is 0.185. The van der Waals surface area contributed by atoms with E-state index in [1.54, 1.807) is 24.3 Å². The summed E-state index contributed by atoms with van der Waals surface area (Å²) in [6.45, 7) is 4.27. The maximum atomic E-state index is 12.4. The highest BCUT2D eigenvalue weighted by molar-refractivity contribution is 14.1. The number of carbonyl (C=O) groups excluding carboxylic acids is 1. The largest absolute Gasteiger partial charge is 0.491 e. The Bertz CT molecular complexity index is 969. The fourth-order valence-electron chi connectivity index (χ4n) is 3.31. The molecule has 0 spiro atoms. The van der Waals surface area contributed by atoms with Gasteiger partial charge < -0.3 is 9.47 Å². The molecule has 1 aliphatic rings. The Balaban J connectivity index is 1.55. The van der Waals surface area contributed by atoms with Gasteiger partial charge in [-0.1, -0.05) is 59.9 Å². The molecule has 2 aromatic carbocycles. The number of hydrogen-bond acceptors (Lipinski definition) is 4. The maximum absolute atomic E-state index is 12.4. The highest BCUT2D eigenvalue weighted by atomic mass is 127. The molecule has 0 aromatic heterocycles. The van der Waals surface area contributed by atoms with Gasteiger partial charge in [-0.25, -0.2) is 4.79 Å². The fourth-order valence-corrected chi connectivity index (χ4v) is 4.03. The van der Waals surface area contributed by atoms with Gasteiger partial charge in [-0.3, -0.25) is 0 Å². The summed E-state index contributed by atoms with van der Waals surface area (Å²) < 4.78 is 11.9. The summed E-state index contributed by atoms with van der Waals surface area (Å²) in [5.74, 6) is 1.14. The summed E-state index contributed by atoms with van der Waals surface area (Å²) in [6.07, 6.45) is 7.69. The van der Waals surface area contributed by atoms with E-state index in [1.807, 2.05) is 36.4 Å². The third-order valence-corrected chi connectivity index (χ3v) is 5.34. The quantitative estimate of drug-likeness (QED) is 0.194. The number of rotatable bonds is 7. The van der Waals surface area contributed by atoms with Crippen LogP contribution in [0.4, 0.5) is 0 Å². The smallest absolute Gasteiger partial charge is 0.343 e. The molecule has 0 bridgehead atoms. The lowest BCUT2D eigenvalue weighted by molar-refractivity contribution is -0.129. The van der Waals surface area contributed by atoms with Crippen LogP contribution in [0.5, 0.6) is 11.5 Å². The molecular formula is C25H24INO3. The van der Waals surface area contributed by atoms with Crippen LogP contribution < -0.4 is 9.47 Å². The molecule has 0 fully saturated rings. The Hall–Kier alpha value is -2.59. The van der Waals surface area contributed by atoms with Crippen LogP contribution in [0.2, 0.25) is 0 Å². The number of halogens is 1. The van der Waals surface area contributed by atoms with Crippen LogP contribution in [0, 0.1) is 11.3 Å². The highest BCUT2D eigenvalue weighted by Gasteiger charge is 2.17. The van der Waals surface area contributed by atoms with Crippen LogP contribution in [0.3, 0.4) is 0 Å². The predicted molar refractivity (Wildman–Crippen MR) is 126 cm³/mol. The second-order valence-corrected chi connectivity index (χ2v) is 9.53. The lowest BCUT2D eigenvalue weighted by atomic mass is 9.90. The SMILES string of the molecule is CC(I)CC(C)Oc1ccc(C2C=CC(C(=O)Oc3ccc(C#N)cc3)=CC2)cc1. The molecule has 0 N–H and O–H groups in total. The molecule has 0 heterocycles. The number of benzene rings is 2. The first kappa shape index (κ1) is 22.1. The summed E-state index contributed by atoms with van der Waals surface area (Å²) in [5, 5.41) is 8.83. The summed E-state index contributed by atoms with van der Waals surface area (Å²) in [7, 11) is 0. The molecule has 154 valence electrons. The zero-order chi connectivity index (χ0) is 21.5. The van der Waals surface area contributed by atoms with Crippen LogP contribution in [-0.4, -0.2) is 16.0 Å². The van der Waals surface area contributed by atoms with Gasteiger partial charge >= 0.3 is 5.97 Å². The molecule has 2 aromatic rings. The number of hydrogen-bond donors (Lipinski definition) is 0. The molecule has 0 amide bonds. The average molecular weight is 513 g/mol. The normalized spacial score (nSPS) is 17.4. The van der Waals surface area contributed by atoms with Gasteiger partial charge in [-0.15, -0.1) is 0 Å². The zero-order valence-corrected chi connectivity index (χ0v) is 19.2. The van der Waals surface area contributed by atoms with E-state index in [1.165, 1.54) is 5.56 Å². The molecule has 0 aliphatic heterocycles. The number of ether oxygens (including phenoxy) is 2. The molecule has 5 heteroatoms. The number of nitrogens with zero attached hydrogens (tertiary/aromatic N) is 1. The molecule has 0 saturated carbocycles. The van der Waals surface area contributed by atoms with Crippen LogP contribution in [0.1, 0.15) is 43.7 Å². The molecular weight excluding hydrogens is 489 g/mol. The van der Waals surface area contributed by atoms with Crippen LogP contribution in [0.15, 0.2) is 72.3 Å². The third kappa shape index (κ3) is 6.20. The van der Waals surface area contributed by atoms with Gasteiger partial charge in [0.1, 0.15) is 11.5 Å². The van der Waals surface area contributed by atoms with Gasteiger partial charge in [0.15, 0.2) is 0 Å². The number of esters is 1. The van der Waals surface area contributed by atoms with Crippen molar-refractivity contribution in [2.45, 2.75) is 42.6 Å². The van der Waals surface area contributed by atoms with Crippen molar-refractivity contribution in [1.29, 1.82) is 5.26 Å². The molecule has 0 saturated heterocycles. The standard InChI is InChI=1S/C25H24INO3/c1-17(26)15-18(2)29-23-13-9-21(10-14-23)20-5-7-22(8-6-20)25(28)30-24-11-3-19(16-27)4-12-24/h3-5,7-14,17-18,20H,6,15H2,1-2H3. The van der Waals surface area contributed by atoms with Crippen molar-refractivity contribution >= 4 is 28.6 Å². The topological polar surface area (TPSA) is 59.3 Å². The van der Waals surface area contributed by atoms with Gasteiger partial charge in [0, 0.05) is 9.84 Å². The number of carbonyl (C=O) groups is 1. The molecule has 1 aliphatic carbocycles. The van der Waals surface area contributed by atoms with Gasteiger partial charge in [0.05, 0.1) is 23.3 Å². The van der Waals surface area contributed by atoms with Crippen molar-refractivity contribution in [3.8, 4) is 17.6 Å². The Morgan fingerprint density at radius 1 is 1.13 bits per heavy atom. The number of allylic oxidation sites excluding steroid dienone is 2. The van der Waals surface area contributed by atoms with E-state index >= 15 is 0 Å². The molecule has 0 radical (unpaired) electrons. The summed E-state index contributed by atoms with van der Waals surface area (Å²) in [4.78, 5) is 12.4. The molecule has 30 heavy (non-hydrogen) atoms. The first-order chi connectivity index (χ1) is 14.4. The Morgan fingerprint density at radius 2 is 1.80 bits per heavy atom. The zero-order valence-electron chi connectivity index (χ0n) is 17.0. The van der Waals surface area contributed by atoms with E-state index in [4.69, 9.17) is 14.7 Å². The van der Waals surface area contributed by atoms with E-state index in [2.05, 4.69) is 48.6 Å². The Morgan fingerprint density at radius 3 is 2.37 bits per heavy atom. The summed E-state index contributed by atoms with van der Waals surface area (Å²) >= 11 is 2.41. The van der Waals surface area contributed by atoms with Gasteiger partial charge in [0.2, 0.25) is 0 Å². The van der Waals surface area contributed by atoms with Crippen molar-refractivity contribution < 1.29 is 14.3 Å². The van der Waals surface area contributed by atoms with Crippen molar-refractivity contribution in [2.24, 2.45) is 0 Å². The fraction of sp³-hybridized carbons (Fsp3) is 0.280. The van der Waals surface area contributed by atoms with Gasteiger partial charge in [-0.2, -0.15) is 5.26 Å². The van der Waals surface area contributed by atoms with Gasteiger partial charge in [0.25, 0.3) is 0 Å². The minimum atomic E-state index is -0.392. The first-order valence-electron chi connectivity index (χ1n) is 9.96. The van der Waals surface area contributed by atoms with Crippen molar-refractivity contribution in [3.63, 3.8) is 0 Å². The van der Waals surface area contributed by atoms with Crippen LogP contribution in [0.25, 0.3) is 0 Å². The van der Waals surface area contributed by atoms with E-state index < -0.39 is 5.97 Å². The predicted octanol–water partition coefficient (Wildman–Crippen LogP) is 6.11. The molecule has 3 rings (SSSR count). The highest BCUT2D eigenvalue weighted by Crippen LogP contribution is 2.29. The Labute approximate surface area is 191 Å². The van der Waals surface area contributed by atoms with Crippen LogP contribution in [-0.2, 0) is 4.79 Å².